The topological polar surface area (TPSA) is 63.5 Å². The maximum absolute atomic E-state index is 12.7. The van der Waals surface area contributed by atoms with Gasteiger partial charge in [-0.15, -0.1) is 5.69 Å². The molecule has 1 atom stereocenters. The Morgan fingerprint density at radius 2 is 1.96 bits per heavy atom. The van der Waals surface area contributed by atoms with Crippen molar-refractivity contribution in [3.05, 3.63) is 35.1 Å². The van der Waals surface area contributed by atoms with Crippen LogP contribution in [0.1, 0.15) is 57.3 Å². The Kier molecular flexibility index (Phi) is 6.73. The number of nitrogens with one attached hydrogen (secondary N) is 1. The van der Waals surface area contributed by atoms with Gasteiger partial charge in [0.05, 0.1) is 0 Å². The second kappa shape index (κ2) is 7.90. The molecule has 1 aliphatic rings. The van der Waals surface area contributed by atoms with Gasteiger partial charge in [-0.05, 0) is 12.6 Å². The molecule has 6 heteroatoms. The van der Waals surface area contributed by atoms with Gasteiger partial charge in [-0.2, -0.15) is 0 Å². The molecule has 0 aliphatic carbocycles. The molecule has 0 fully saturated rings. The third-order valence-electron chi connectivity index (χ3n) is 3.66. The van der Waals surface area contributed by atoms with Crippen molar-refractivity contribution in [2.75, 3.05) is 0 Å². The van der Waals surface area contributed by atoms with E-state index in [0.29, 0.717) is 11.3 Å². The fourth-order valence-corrected chi connectivity index (χ4v) is 2.23. The molecular formula is C17H24LiN3O2. The van der Waals surface area contributed by atoms with Gasteiger partial charge in [0.1, 0.15) is 0 Å². The zero-order valence-electron chi connectivity index (χ0n) is 14.7. The van der Waals surface area contributed by atoms with E-state index in [-0.39, 0.29) is 36.8 Å². The Morgan fingerprint density at radius 3 is 2.57 bits per heavy atom. The van der Waals surface area contributed by atoms with Gasteiger partial charge in [0.25, 0.3) is 5.91 Å². The molecule has 0 spiro atoms. The SMILES string of the molecule is CCCCC1[N-]c2ccccc2C(=O)N1NC(=O)C(C)(C)C.[Li+]. The normalized spacial score (nSPS) is 17.0. The molecule has 5 nitrogen and oxygen atoms in total. The number of amides is 2. The van der Waals surface area contributed by atoms with Gasteiger partial charge < -0.3 is 5.32 Å². The van der Waals surface area contributed by atoms with Gasteiger partial charge in [0, 0.05) is 11.0 Å². The Bertz CT molecular complexity index is 569. The second-order valence-electron chi connectivity index (χ2n) is 6.64. The number of nitrogens with zero attached hydrogens (tertiary/aromatic N) is 2. The monoisotopic (exact) mass is 309 g/mol. The zero-order chi connectivity index (χ0) is 16.3. The predicted molar refractivity (Wildman–Crippen MR) is 86.5 cm³/mol. The molecule has 1 aromatic rings. The molecule has 1 unspecified atom stereocenters. The van der Waals surface area contributed by atoms with Crippen LogP contribution in [0.3, 0.4) is 0 Å². The molecule has 2 rings (SSSR count). The van der Waals surface area contributed by atoms with Crippen molar-refractivity contribution in [2.45, 2.75) is 53.1 Å². The fourth-order valence-electron chi connectivity index (χ4n) is 2.23. The Hall–Kier alpha value is -1.44. The second-order valence-corrected chi connectivity index (χ2v) is 6.64. The van der Waals surface area contributed by atoms with E-state index in [1.807, 2.05) is 39.0 Å². The summed E-state index contributed by atoms with van der Waals surface area (Å²) in [6.07, 6.45) is 2.36. The molecule has 1 heterocycles. The molecule has 0 saturated carbocycles. The molecule has 0 bridgehead atoms. The van der Waals surface area contributed by atoms with Crippen molar-refractivity contribution < 1.29 is 28.4 Å². The van der Waals surface area contributed by atoms with Crippen molar-refractivity contribution in [3.63, 3.8) is 0 Å². The first kappa shape index (κ1) is 19.6. The Labute approximate surface area is 150 Å². The quantitative estimate of drug-likeness (QED) is 0.834. The number of fused-ring (bicyclic) bond motifs is 1. The number of hydrogen-bond acceptors (Lipinski definition) is 2. The fraction of sp³-hybridized carbons (Fsp3) is 0.529. The first-order valence-electron chi connectivity index (χ1n) is 7.79. The molecule has 120 valence electrons. The van der Waals surface area contributed by atoms with Gasteiger partial charge in [0.15, 0.2) is 0 Å². The van der Waals surface area contributed by atoms with Crippen molar-refractivity contribution in [2.24, 2.45) is 5.41 Å². The van der Waals surface area contributed by atoms with Gasteiger partial charge in [0.2, 0.25) is 5.91 Å². The molecule has 23 heavy (non-hydrogen) atoms. The number of carbonyl (C=O) groups excluding carboxylic acids is 2. The van der Waals surface area contributed by atoms with Crippen molar-refractivity contribution in [3.8, 4) is 0 Å². The molecule has 0 aromatic heterocycles. The molecule has 0 radical (unpaired) electrons. The van der Waals surface area contributed by atoms with E-state index in [4.69, 9.17) is 0 Å². The largest absolute Gasteiger partial charge is 1.00 e. The van der Waals surface area contributed by atoms with Crippen LogP contribution in [0.2, 0.25) is 0 Å². The van der Waals surface area contributed by atoms with Crippen LogP contribution in [-0.2, 0) is 4.79 Å². The summed E-state index contributed by atoms with van der Waals surface area (Å²) in [7, 11) is 0. The Balaban J connectivity index is 0.00000264. The number of para-hydroxylation sites is 1. The number of benzene rings is 1. The number of hydrogen-bond donors (Lipinski definition) is 1. The smallest absolute Gasteiger partial charge is 0.663 e. The summed E-state index contributed by atoms with van der Waals surface area (Å²) in [6.45, 7) is 7.56. The zero-order valence-corrected chi connectivity index (χ0v) is 14.7. The van der Waals surface area contributed by atoms with Crippen LogP contribution >= 0.6 is 0 Å². The number of unbranched alkanes of at least 4 members (excludes halogenated alkanes) is 1. The first-order valence-corrected chi connectivity index (χ1v) is 7.79. The summed E-state index contributed by atoms with van der Waals surface area (Å²) in [6, 6.07) is 7.26. The maximum Gasteiger partial charge on any atom is 1.00 e. The van der Waals surface area contributed by atoms with Gasteiger partial charge in [-0.3, -0.25) is 20.0 Å². The van der Waals surface area contributed by atoms with E-state index in [9.17, 15) is 9.59 Å². The molecular weight excluding hydrogens is 285 g/mol. The van der Waals surface area contributed by atoms with E-state index < -0.39 is 5.41 Å². The maximum atomic E-state index is 12.7. The third-order valence-corrected chi connectivity index (χ3v) is 3.66. The molecule has 1 aliphatic heterocycles. The number of rotatable bonds is 4. The molecule has 2 amide bonds. The first-order chi connectivity index (χ1) is 10.3. The average molecular weight is 309 g/mol. The van der Waals surface area contributed by atoms with Crippen LogP contribution in [0.25, 0.3) is 5.32 Å². The molecule has 1 aromatic carbocycles. The van der Waals surface area contributed by atoms with E-state index in [0.717, 1.165) is 19.3 Å². The van der Waals surface area contributed by atoms with Crippen molar-refractivity contribution >= 4 is 17.5 Å². The van der Waals surface area contributed by atoms with E-state index >= 15 is 0 Å². The minimum absolute atomic E-state index is 0. The minimum atomic E-state index is -0.563. The van der Waals surface area contributed by atoms with E-state index in [2.05, 4.69) is 17.7 Å². The number of carbonyl (C=O) groups is 2. The van der Waals surface area contributed by atoms with E-state index in [1.165, 1.54) is 5.01 Å². The Morgan fingerprint density at radius 1 is 1.30 bits per heavy atom. The summed E-state index contributed by atoms with van der Waals surface area (Å²) < 4.78 is 0. The third kappa shape index (κ3) is 4.52. The van der Waals surface area contributed by atoms with Crippen LogP contribution in [0.4, 0.5) is 5.69 Å². The van der Waals surface area contributed by atoms with Crippen LogP contribution in [0.5, 0.6) is 0 Å². The standard InChI is InChI=1S/C17H25N3O2.Li/c1-5-6-11-14-18-13-10-8-7-9-12(13)15(21)20(14)19-16(22)17(2,3)4;/h7-10,14H,5-6,11H2,1-4H3,(H2,18,19,21,22);/q;+1/p-1. The molecule has 1 N–H and O–H groups in total. The van der Waals surface area contributed by atoms with Crippen LogP contribution in [0, 0.1) is 5.41 Å². The van der Waals surface area contributed by atoms with Crippen LogP contribution in [-0.4, -0.2) is 23.0 Å². The summed E-state index contributed by atoms with van der Waals surface area (Å²) in [5.41, 5.74) is 3.43. The predicted octanol–water partition coefficient (Wildman–Crippen LogP) is 0.745. The molecule has 0 saturated heterocycles. The van der Waals surface area contributed by atoms with Crippen molar-refractivity contribution in [1.82, 2.24) is 10.4 Å². The van der Waals surface area contributed by atoms with Gasteiger partial charge in [-0.1, -0.05) is 64.8 Å². The summed E-state index contributed by atoms with van der Waals surface area (Å²) >= 11 is 0. The minimum Gasteiger partial charge on any atom is -0.663 e. The number of hydrazine groups is 1. The van der Waals surface area contributed by atoms with Crippen LogP contribution < -0.4 is 24.3 Å². The summed E-state index contributed by atoms with van der Waals surface area (Å²) in [4.78, 5) is 25.0. The van der Waals surface area contributed by atoms with Gasteiger partial charge >= 0.3 is 18.9 Å². The van der Waals surface area contributed by atoms with E-state index in [1.54, 1.807) is 6.07 Å². The summed E-state index contributed by atoms with van der Waals surface area (Å²) in [5.74, 6) is -0.374. The average Bonchev–Trinajstić information content (AvgIpc) is 2.47. The van der Waals surface area contributed by atoms with Crippen molar-refractivity contribution in [1.29, 1.82) is 0 Å². The van der Waals surface area contributed by atoms with Gasteiger partial charge in [-0.25, -0.2) is 0 Å². The van der Waals surface area contributed by atoms with Crippen LogP contribution in [0.15, 0.2) is 24.3 Å². The summed E-state index contributed by atoms with van der Waals surface area (Å²) in [5, 5.41) is 6.03.